The summed E-state index contributed by atoms with van der Waals surface area (Å²) in [5, 5.41) is 3.41. The maximum atomic E-state index is 2.51. The molecule has 1 fully saturated rings. The SMILES string of the molecule is c1ccc2c(c1)c1ccccc1n2[C@H]1CCS1. The number of nitrogens with zero attached hydrogens (tertiary/aromatic N) is 1. The lowest BCUT2D eigenvalue weighted by Crippen LogP contribution is -2.14. The first-order chi connectivity index (χ1) is 8.45. The van der Waals surface area contributed by atoms with Crippen molar-refractivity contribution in [2.45, 2.75) is 11.8 Å². The number of hydrogen-bond donors (Lipinski definition) is 0. The average Bonchev–Trinajstić information content (AvgIpc) is 2.64. The van der Waals surface area contributed by atoms with Gasteiger partial charge in [-0.25, -0.2) is 0 Å². The van der Waals surface area contributed by atoms with E-state index in [9.17, 15) is 0 Å². The van der Waals surface area contributed by atoms with Gasteiger partial charge in [-0.05, 0) is 24.3 Å². The molecule has 3 aromatic rings. The fourth-order valence-electron chi connectivity index (χ4n) is 2.69. The van der Waals surface area contributed by atoms with Crippen LogP contribution in [0.3, 0.4) is 0 Å². The molecule has 1 aromatic heterocycles. The summed E-state index contributed by atoms with van der Waals surface area (Å²) in [5.74, 6) is 1.30. The molecule has 17 heavy (non-hydrogen) atoms. The maximum Gasteiger partial charge on any atom is 0.0807 e. The average molecular weight is 239 g/mol. The molecule has 0 radical (unpaired) electrons. The first kappa shape index (κ1) is 9.60. The van der Waals surface area contributed by atoms with E-state index in [0.717, 1.165) is 0 Å². The van der Waals surface area contributed by atoms with Crippen molar-refractivity contribution in [3.63, 3.8) is 0 Å². The van der Waals surface area contributed by atoms with Gasteiger partial charge in [0.25, 0.3) is 0 Å². The molecular weight excluding hydrogens is 226 g/mol. The zero-order chi connectivity index (χ0) is 11.2. The zero-order valence-corrected chi connectivity index (χ0v) is 10.3. The van der Waals surface area contributed by atoms with Crippen LogP contribution in [-0.2, 0) is 0 Å². The van der Waals surface area contributed by atoms with Gasteiger partial charge in [0, 0.05) is 10.8 Å². The van der Waals surface area contributed by atoms with Crippen molar-refractivity contribution in [3.8, 4) is 0 Å². The highest BCUT2D eigenvalue weighted by molar-refractivity contribution is 8.00. The smallest absolute Gasteiger partial charge is 0.0807 e. The quantitative estimate of drug-likeness (QED) is 0.608. The van der Waals surface area contributed by atoms with E-state index in [4.69, 9.17) is 0 Å². The van der Waals surface area contributed by atoms with Gasteiger partial charge in [0.1, 0.15) is 0 Å². The molecule has 1 aliphatic rings. The van der Waals surface area contributed by atoms with Crippen molar-refractivity contribution in [2.75, 3.05) is 5.75 Å². The first-order valence-electron chi connectivity index (χ1n) is 6.04. The van der Waals surface area contributed by atoms with E-state index >= 15 is 0 Å². The van der Waals surface area contributed by atoms with Crippen LogP contribution in [0.5, 0.6) is 0 Å². The number of hydrogen-bond acceptors (Lipinski definition) is 1. The van der Waals surface area contributed by atoms with E-state index < -0.39 is 0 Å². The Hall–Kier alpha value is -1.41. The Balaban J connectivity index is 2.18. The molecule has 0 saturated carbocycles. The van der Waals surface area contributed by atoms with E-state index in [0.29, 0.717) is 5.37 Å². The van der Waals surface area contributed by atoms with Gasteiger partial charge in [-0.3, -0.25) is 0 Å². The van der Waals surface area contributed by atoms with Crippen molar-refractivity contribution >= 4 is 33.6 Å². The molecule has 0 spiro atoms. The van der Waals surface area contributed by atoms with E-state index in [2.05, 4.69) is 64.9 Å². The fourth-order valence-corrected chi connectivity index (χ4v) is 3.51. The third-order valence-corrected chi connectivity index (χ3v) is 4.88. The van der Waals surface area contributed by atoms with Gasteiger partial charge >= 0.3 is 0 Å². The van der Waals surface area contributed by atoms with E-state index in [1.165, 1.54) is 34.0 Å². The molecule has 1 nitrogen and oxygen atoms in total. The third kappa shape index (κ3) is 1.27. The van der Waals surface area contributed by atoms with Crippen LogP contribution < -0.4 is 0 Å². The molecule has 0 unspecified atom stereocenters. The molecule has 2 heterocycles. The van der Waals surface area contributed by atoms with Crippen LogP contribution in [0.1, 0.15) is 11.8 Å². The van der Waals surface area contributed by atoms with Gasteiger partial charge in [0.15, 0.2) is 0 Å². The van der Waals surface area contributed by atoms with Crippen LogP contribution >= 0.6 is 11.8 Å². The highest BCUT2D eigenvalue weighted by Crippen LogP contribution is 2.43. The number of thioether (sulfide) groups is 1. The summed E-state index contributed by atoms with van der Waals surface area (Å²) in [5.41, 5.74) is 2.76. The minimum atomic E-state index is 0.639. The lowest BCUT2D eigenvalue weighted by Gasteiger charge is -2.28. The predicted molar refractivity (Wildman–Crippen MR) is 75.6 cm³/mol. The Bertz CT molecular complexity index is 641. The number of para-hydroxylation sites is 2. The lowest BCUT2D eigenvalue weighted by molar-refractivity contribution is 0.667. The van der Waals surface area contributed by atoms with Crippen LogP contribution in [0.4, 0.5) is 0 Å². The van der Waals surface area contributed by atoms with E-state index in [1.807, 2.05) is 0 Å². The first-order valence-corrected chi connectivity index (χ1v) is 7.09. The standard InChI is InChI=1S/C15H13NS/c1-3-7-13-11(5-1)12-6-2-4-8-14(12)16(13)15-9-10-17-15/h1-8,15H,9-10H2/t15-/m1/s1. The minimum Gasteiger partial charge on any atom is -0.328 e. The predicted octanol–water partition coefficient (Wildman–Crippen LogP) is 4.43. The minimum absolute atomic E-state index is 0.639. The van der Waals surface area contributed by atoms with Crippen LogP contribution in [0.15, 0.2) is 48.5 Å². The monoisotopic (exact) mass is 239 g/mol. The molecule has 1 atom stereocenters. The summed E-state index contributed by atoms with van der Waals surface area (Å²) in [6.45, 7) is 0. The number of benzene rings is 2. The highest BCUT2D eigenvalue weighted by atomic mass is 32.2. The van der Waals surface area contributed by atoms with Crippen LogP contribution in [0, 0.1) is 0 Å². The van der Waals surface area contributed by atoms with Crippen molar-refractivity contribution in [1.29, 1.82) is 0 Å². The van der Waals surface area contributed by atoms with Gasteiger partial charge in [0.05, 0.1) is 16.4 Å². The Morgan fingerprint density at radius 2 is 1.41 bits per heavy atom. The summed E-state index contributed by atoms with van der Waals surface area (Å²) in [6.07, 6.45) is 1.30. The molecule has 0 bridgehead atoms. The highest BCUT2D eigenvalue weighted by Gasteiger charge is 2.23. The Morgan fingerprint density at radius 1 is 0.882 bits per heavy atom. The summed E-state index contributed by atoms with van der Waals surface area (Å²) >= 11 is 2.06. The van der Waals surface area contributed by atoms with E-state index in [-0.39, 0.29) is 0 Å². The molecule has 84 valence electrons. The largest absolute Gasteiger partial charge is 0.328 e. The van der Waals surface area contributed by atoms with Crippen molar-refractivity contribution in [3.05, 3.63) is 48.5 Å². The Labute approximate surface area is 104 Å². The van der Waals surface area contributed by atoms with Crippen molar-refractivity contribution in [1.82, 2.24) is 4.57 Å². The summed E-state index contributed by atoms with van der Waals surface area (Å²) in [4.78, 5) is 0. The molecule has 2 aromatic carbocycles. The second-order valence-corrected chi connectivity index (χ2v) is 5.80. The van der Waals surface area contributed by atoms with Crippen molar-refractivity contribution < 1.29 is 0 Å². The number of aromatic nitrogens is 1. The second kappa shape index (κ2) is 3.54. The summed E-state index contributed by atoms with van der Waals surface area (Å²) < 4.78 is 2.51. The molecule has 0 aliphatic carbocycles. The van der Waals surface area contributed by atoms with Gasteiger partial charge in [-0.2, -0.15) is 0 Å². The van der Waals surface area contributed by atoms with Gasteiger partial charge in [-0.15, -0.1) is 11.8 Å². The van der Waals surface area contributed by atoms with Crippen LogP contribution in [-0.4, -0.2) is 10.3 Å². The molecular formula is C15H13NS. The molecule has 1 aliphatic heterocycles. The lowest BCUT2D eigenvalue weighted by atomic mass is 10.2. The molecule has 2 heteroatoms. The van der Waals surface area contributed by atoms with Crippen LogP contribution in [0.25, 0.3) is 21.8 Å². The number of fused-ring (bicyclic) bond motifs is 3. The van der Waals surface area contributed by atoms with Gasteiger partial charge in [-0.1, -0.05) is 36.4 Å². The van der Waals surface area contributed by atoms with Crippen LogP contribution in [0.2, 0.25) is 0 Å². The molecule has 0 N–H and O–H groups in total. The molecule has 4 rings (SSSR count). The summed E-state index contributed by atoms with van der Waals surface area (Å²) in [6, 6.07) is 17.5. The second-order valence-electron chi connectivity index (χ2n) is 4.52. The Kier molecular flexibility index (Phi) is 2.00. The third-order valence-electron chi connectivity index (χ3n) is 3.58. The normalized spacial score (nSPS) is 19.6. The summed E-state index contributed by atoms with van der Waals surface area (Å²) in [7, 11) is 0. The number of rotatable bonds is 1. The van der Waals surface area contributed by atoms with Gasteiger partial charge in [0.2, 0.25) is 0 Å². The van der Waals surface area contributed by atoms with E-state index in [1.54, 1.807) is 0 Å². The van der Waals surface area contributed by atoms with Gasteiger partial charge < -0.3 is 4.57 Å². The molecule has 1 saturated heterocycles. The maximum absolute atomic E-state index is 2.51. The van der Waals surface area contributed by atoms with Crippen molar-refractivity contribution in [2.24, 2.45) is 0 Å². The Morgan fingerprint density at radius 3 is 1.88 bits per heavy atom. The molecule has 0 amide bonds. The fraction of sp³-hybridized carbons (Fsp3) is 0.200. The topological polar surface area (TPSA) is 4.93 Å². The zero-order valence-electron chi connectivity index (χ0n) is 9.47.